The first-order valence-corrected chi connectivity index (χ1v) is 11.4. The summed E-state index contributed by atoms with van der Waals surface area (Å²) in [6.07, 6.45) is 3.93. The van der Waals surface area contributed by atoms with Crippen molar-refractivity contribution in [3.63, 3.8) is 0 Å². The fourth-order valence-electron chi connectivity index (χ4n) is 3.60. The number of anilines is 1. The molecule has 4 rings (SSSR count). The largest absolute Gasteiger partial charge is 0.333 e. The number of imidazole rings is 1. The van der Waals surface area contributed by atoms with E-state index in [4.69, 9.17) is 11.6 Å². The molecule has 0 spiro atoms. The van der Waals surface area contributed by atoms with Gasteiger partial charge in [0.25, 0.3) is 0 Å². The van der Waals surface area contributed by atoms with Gasteiger partial charge in [-0.1, -0.05) is 55.8 Å². The molecular weight excluding hydrogens is 443 g/mol. The van der Waals surface area contributed by atoms with Gasteiger partial charge < -0.3 is 4.90 Å². The molecule has 0 saturated heterocycles. The molecule has 0 unspecified atom stereocenters. The van der Waals surface area contributed by atoms with Gasteiger partial charge in [0.05, 0.1) is 22.9 Å². The zero-order chi connectivity index (χ0) is 23.5. The van der Waals surface area contributed by atoms with Crippen LogP contribution in [0, 0.1) is 17.7 Å². The van der Waals surface area contributed by atoms with E-state index in [2.05, 4.69) is 10.3 Å². The second-order valence-electron chi connectivity index (χ2n) is 8.65. The number of amides is 2. The summed E-state index contributed by atoms with van der Waals surface area (Å²) in [6.45, 7) is 4.20. The lowest BCUT2D eigenvalue weighted by molar-refractivity contribution is -0.137. The lowest BCUT2D eigenvalue weighted by Crippen LogP contribution is -2.41. The van der Waals surface area contributed by atoms with Crippen LogP contribution in [0.4, 0.5) is 10.3 Å². The molecule has 2 aromatic carbocycles. The van der Waals surface area contributed by atoms with Gasteiger partial charge in [0.15, 0.2) is 0 Å². The molecule has 1 aromatic heterocycles. The minimum Gasteiger partial charge on any atom is -0.333 e. The average Bonchev–Trinajstić information content (AvgIpc) is 3.52. The second kappa shape index (κ2) is 9.75. The molecule has 0 bridgehead atoms. The van der Waals surface area contributed by atoms with E-state index < -0.39 is 5.82 Å². The molecule has 33 heavy (non-hydrogen) atoms. The third kappa shape index (κ3) is 5.60. The topological polar surface area (TPSA) is 67.2 Å². The van der Waals surface area contributed by atoms with E-state index in [1.165, 1.54) is 12.1 Å². The molecule has 8 heteroatoms. The summed E-state index contributed by atoms with van der Waals surface area (Å²) in [4.78, 5) is 31.8. The molecule has 0 radical (unpaired) electrons. The van der Waals surface area contributed by atoms with Gasteiger partial charge in [0, 0.05) is 24.2 Å². The Bertz CT molecular complexity index is 1160. The first kappa shape index (κ1) is 23.0. The maximum absolute atomic E-state index is 13.7. The van der Waals surface area contributed by atoms with Crippen molar-refractivity contribution in [2.45, 2.75) is 26.7 Å². The van der Waals surface area contributed by atoms with Crippen molar-refractivity contribution in [3.05, 3.63) is 65.6 Å². The van der Waals surface area contributed by atoms with Gasteiger partial charge in [-0.3, -0.25) is 19.5 Å². The molecule has 2 amide bonds. The Balaban J connectivity index is 1.62. The van der Waals surface area contributed by atoms with Gasteiger partial charge in [-0.25, -0.2) is 9.37 Å². The van der Waals surface area contributed by atoms with Gasteiger partial charge >= 0.3 is 0 Å². The average molecular weight is 469 g/mol. The molecule has 1 saturated carbocycles. The fourth-order valence-corrected chi connectivity index (χ4v) is 3.77. The molecule has 1 aliphatic rings. The summed E-state index contributed by atoms with van der Waals surface area (Å²) in [5, 5.41) is 2.80. The lowest BCUT2D eigenvalue weighted by atomic mass is 10.2. The summed E-state index contributed by atoms with van der Waals surface area (Å²) in [5.41, 5.74) is 2.06. The molecule has 1 N–H and O–H groups in total. The van der Waals surface area contributed by atoms with Gasteiger partial charge in [-0.05, 0) is 37.0 Å². The van der Waals surface area contributed by atoms with Crippen molar-refractivity contribution in [2.75, 3.05) is 18.4 Å². The monoisotopic (exact) mass is 468 g/mol. The molecule has 0 aliphatic heterocycles. The van der Waals surface area contributed by atoms with E-state index in [9.17, 15) is 14.0 Å². The number of carbonyl (C=O) groups is 2. The minimum absolute atomic E-state index is 0.0297. The highest BCUT2D eigenvalue weighted by molar-refractivity contribution is 6.30. The maximum atomic E-state index is 13.7. The molecular formula is C25H26ClFN4O2. The number of hydrogen-bond acceptors (Lipinski definition) is 3. The molecule has 172 valence electrons. The predicted molar refractivity (Wildman–Crippen MR) is 127 cm³/mol. The second-order valence-corrected chi connectivity index (χ2v) is 9.06. The van der Waals surface area contributed by atoms with Crippen molar-refractivity contribution in [1.82, 2.24) is 14.5 Å². The SMILES string of the molecule is CC(C)C(=O)N(CC(=O)Nc1nc(-c2ccccc2)cn1-c1ccc(F)c(Cl)c1)CC1CC1. The summed E-state index contributed by atoms with van der Waals surface area (Å²) < 4.78 is 15.4. The Hall–Kier alpha value is -3.19. The van der Waals surface area contributed by atoms with Gasteiger partial charge in [-0.2, -0.15) is 0 Å². The first-order chi connectivity index (χ1) is 15.8. The van der Waals surface area contributed by atoms with E-state index in [-0.39, 0.29) is 35.2 Å². The van der Waals surface area contributed by atoms with E-state index in [0.717, 1.165) is 18.4 Å². The maximum Gasteiger partial charge on any atom is 0.246 e. The number of carbonyl (C=O) groups excluding carboxylic acids is 2. The van der Waals surface area contributed by atoms with Crippen molar-refractivity contribution in [1.29, 1.82) is 0 Å². The normalized spacial score (nSPS) is 13.2. The number of benzene rings is 2. The van der Waals surface area contributed by atoms with E-state index in [0.29, 0.717) is 23.8 Å². The fraction of sp³-hybridized carbons (Fsp3) is 0.320. The third-order valence-corrected chi connectivity index (χ3v) is 5.81. The Morgan fingerprint density at radius 2 is 1.94 bits per heavy atom. The zero-order valence-electron chi connectivity index (χ0n) is 18.6. The smallest absolute Gasteiger partial charge is 0.246 e. The van der Waals surface area contributed by atoms with Crippen molar-refractivity contribution in [3.8, 4) is 16.9 Å². The number of hydrogen-bond donors (Lipinski definition) is 1. The molecule has 3 aromatic rings. The summed E-state index contributed by atoms with van der Waals surface area (Å²) in [7, 11) is 0. The standard InChI is InChI=1S/C25H26ClFN4O2/c1-16(2)24(33)30(13-17-8-9-17)15-23(32)29-25-28-22(18-6-4-3-5-7-18)14-31(25)19-10-11-21(27)20(26)12-19/h3-7,10-12,14,16-17H,8-9,13,15H2,1-2H3,(H,28,29,32). The molecule has 1 heterocycles. The number of halogens is 2. The van der Waals surface area contributed by atoms with E-state index in [1.54, 1.807) is 21.7 Å². The number of nitrogens with zero attached hydrogens (tertiary/aromatic N) is 3. The van der Waals surface area contributed by atoms with Crippen LogP contribution in [0.1, 0.15) is 26.7 Å². The molecule has 1 fully saturated rings. The Labute approximate surface area is 197 Å². The quantitative estimate of drug-likeness (QED) is 0.496. The van der Waals surface area contributed by atoms with Crippen molar-refractivity contribution >= 4 is 29.4 Å². The van der Waals surface area contributed by atoms with Gasteiger partial charge in [-0.15, -0.1) is 0 Å². The highest BCUT2D eigenvalue weighted by Gasteiger charge is 2.29. The highest BCUT2D eigenvalue weighted by atomic mass is 35.5. The number of aromatic nitrogens is 2. The van der Waals surface area contributed by atoms with Crippen LogP contribution >= 0.6 is 11.6 Å². The van der Waals surface area contributed by atoms with Gasteiger partial charge in [0.2, 0.25) is 17.8 Å². The molecule has 1 aliphatic carbocycles. The lowest BCUT2D eigenvalue weighted by Gasteiger charge is -2.24. The van der Waals surface area contributed by atoms with E-state index in [1.807, 2.05) is 44.2 Å². The van der Waals surface area contributed by atoms with Crippen LogP contribution in [0.15, 0.2) is 54.7 Å². The first-order valence-electron chi connectivity index (χ1n) is 11.0. The van der Waals surface area contributed by atoms with Crippen molar-refractivity contribution < 1.29 is 14.0 Å². The minimum atomic E-state index is -0.530. The van der Waals surface area contributed by atoms with Crippen molar-refractivity contribution in [2.24, 2.45) is 11.8 Å². The van der Waals surface area contributed by atoms with Crippen LogP contribution < -0.4 is 5.32 Å². The summed E-state index contributed by atoms with van der Waals surface area (Å²) in [5.74, 6) is -0.375. The Morgan fingerprint density at radius 3 is 2.58 bits per heavy atom. The summed E-state index contributed by atoms with van der Waals surface area (Å²) in [6, 6.07) is 13.8. The van der Waals surface area contributed by atoms with Crippen LogP contribution in [0.2, 0.25) is 5.02 Å². The Kier molecular flexibility index (Phi) is 6.79. The van der Waals surface area contributed by atoms with E-state index >= 15 is 0 Å². The number of rotatable bonds is 8. The third-order valence-electron chi connectivity index (χ3n) is 5.52. The van der Waals surface area contributed by atoms with Crippen LogP contribution in [-0.2, 0) is 9.59 Å². The van der Waals surface area contributed by atoms with Gasteiger partial charge in [0.1, 0.15) is 5.82 Å². The zero-order valence-corrected chi connectivity index (χ0v) is 19.3. The van der Waals surface area contributed by atoms with Crippen LogP contribution in [-0.4, -0.2) is 39.4 Å². The molecule has 6 nitrogen and oxygen atoms in total. The van der Waals surface area contributed by atoms with Crippen LogP contribution in [0.5, 0.6) is 0 Å². The highest BCUT2D eigenvalue weighted by Crippen LogP contribution is 2.30. The molecule has 0 atom stereocenters. The Morgan fingerprint density at radius 1 is 1.21 bits per heavy atom. The summed E-state index contributed by atoms with van der Waals surface area (Å²) >= 11 is 5.99. The number of nitrogens with one attached hydrogen (secondary N) is 1. The van der Waals surface area contributed by atoms with Crippen LogP contribution in [0.25, 0.3) is 16.9 Å². The van der Waals surface area contributed by atoms with Crippen LogP contribution in [0.3, 0.4) is 0 Å². The predicted octanol–water partition coefficient (Wildman–Crippen LogP) is 5.16.